The van der Waals surface area contributed by atoms with Crippen LogP contribution in [0.1, 0.15) is 27.0 Å². The fourth-order valence-electron chi connectivity index (χ4n) is 4.22. The van der Waals surface area contributed by atoms with Crippen molar-refractivity contribution in [1.29, 1.82) is 0 Å². The van der Waals surface area contributed by atoms with Crippen LogP contribution in [0.15, 0.2) is 77.8 Å². The molecule has 2 heterocycles. The van der Waals surface area contributed by atoms with E-state index in [0.717, 1.165) is 28.8 Å². The van der Waals surface area contributed by atoms with Crippen molar-refractivity contribution in [2.24, 2.45) is 4.99 Å². The lowest BCUT2D eigenvalue weighted by atomic mass is 9.98. The summed E-state index contributed by atoms with van der Waals surface area (Å²) in [6, 6.07) is 22.7. The molecular formula is C25H21N3O3. The summed E-state index contributed by atoms with van der Waals surface area (Å²) in [5.41, 5.74) is 4.87. The normalized spacial score (nSPS) is 16.9. The van der Waals surface area contributed by atoms with Crippen molar-refractivity contribution >= 4 is 23.2 Å². The molecule has 0 aliphatic carbocycles. The van der Waals surface area contributed by atoms with Crippen LogP contribution in [0.25, 0.3) is 0 Å². The minimum atomic E-state index is -1.04. The average Bonchev–Trinajstić information content (AvgIpc) is 3.21. The quantitative estimate of drug-likeness (QED) is 0.717. The molecule has 0 aromatic heterocycles. The summed E-state index contributed by atoms with van der Waals surface area (Å²) in [5.74, 6) is -0.196. The zero-order valence-electron chi connectivity index (χ0n) is 17.0. The summed E-state index contributed by atoms with van der Waals surface area (Å²) in [6.07, 6.45) is -0.254. The predicted molar refractivity (Wildman–Crippen MR) is 119 cm³/mol. The van der Waals surface area contributed by atoms with Gasteiger partial charge in [-0.2, -0.15) is 0 Å². The molecule has 31 heavy (non-hydrogen) atoms. The number of methoxy groups -OCH3 is 1. The molecule has 0 fully saturated rings. The molecule has 2 aliphatic rings. The first-order valence-electron chi connectivity index (χ1n) is 10.2. The van der Waals surface area contributed by atoms with Gasteiger partial charge in [0.05, 0.1) is 24.1 Å². The van der Waals surface area contributed by atoms with E-state index in [1.54, 1.807) is 29.2 Å². The Bertz CT molecular complexity index is 1200. The third kappa shape index (κ3) is 3.26. The minimum absolute atomic E-state index is 0.236. The number of nitrogens with one attached hydrogen (secondary N) is 1. The molecular weight excluding hydrogens is 390 g/mol. The second-order valence-electron chi connectivity index (χ2n) is 7.47. The van der Waals surface area contributed by atoms with Crippen LogP contribution in [0.2, 0.25) is 0 Å². The molecule has 1 N–H and O–H groups in total. The van der Waals surface area contributed by atoms with E-state index < -0.39 is 12.1 Å². The van der Waals surface area contributed by atoms with E-state index in [-0.39, 0.29) is 5.91 Å². The zero-order chi connectivity index (χ0) is 21.4. The lowest BCUT2D eigenvalue weighted by molar-refractivity contribution is -0.120. The van der Waals surface area contributed by atoms with Crippen molar-refractivity contribution in [1.82, 2.24) is 5.32 Å². The Morgan fingerprint density at radius 1 is 1.03 bits per heavy atom. The molecule has 154 valence electrons. The van der Waals surface area contributed by atoms with Crippen LogP contribution in [-0.4, -0.2) is 37.3 Å². The van der Waals surface area contributed by atoms with Crippen molar-refractivity contribution in [3.8, 4) is 5.75 Å². The van der Waals surface area contributed by atoms with E-state index in [9.17, 15) is 9.59 Å². The van der Waals surface area contributed by atoms with E-state index >= 15 is 0 Å². The van der Waals surface area contributed by atoms with E-state index in [1.807, 2.05) is 48.5 Å². The lowest BCUT2D eigenvalue weighted by Gasteiger charge is -2.21. The maximum absolute atomic E-state index is 13.4. The molecule has 3 aromatic carbocycles. The number of aliphatic imine (C=N–C) groups is 1. The number of hydrogen-bond acceptors (Lipinski definition) is 4. The Balaban J connectivity index is 1.60. The van der Waals surface area contributed by atoms with Crippen LogP contribution in [0.3, 0.4) is 0 Å². The molecule has 3 aromatic rings. The van der Waals surface area contributed by atoms with Crippen LogP contribution >= 0.6 is 0 Å². The molecule has 6 heteroatoms. The summed E-state index contributed by atoms with van der Waals surface area (Å²) in [5, 5.41) is 2.82. The van der Waals surface area contributed by atoms with Crippen LogP contribution in [0.4, 0.5) is 5.69 Å². The van der Waals surface area contributed by atoms with Crippen LogP contribution < -0.4 is 15.0 Å². The number of carbonyl (C=O) groups excluding carboxylic acids is 2. The van der Waals surface area contributed by atoms with Gasteiger partial charge in [0.15, 0.2) is 0 Å². The molecule has 2 amide bonds. The Kier molecular flexibility index (Phi) is 4.75. The number of carbonyl (C=O) groups is 2. The molecule has 6 nitrogen and oxygen atoms in total. The van der Waals surface area contributed by atoms with Crippen molar-refractivity contribution in [2.75, 3.05) is 18.6 Å². The second-order valence-corrected chi connectivity index (χ2v) is 7.47. The Morgan fingerprint density at radius 3 is 2.61 bits per heavy atom. The smallest absolute Gasteiger partial charge is 0.272 e. The zero-order valence-corrected chi connectivity index (χ0v) is 17.0. The fourth-order valence-corrected chi connectivity index (χ4v) is 4.22. The number of ether oxygens (including phenoxy) is 1. The topological polar surface area (TPSA) is 71.0 Å². The number of amides is 2. The number of para-hydroxylation sites is 2. The van der Waals surface area contributed by atoms with Crippen molar-refractivity contribution in [3.05, 3.63) is 95.1 Å². The number of rotatable bonds is 4. The second kappa shape index (κ2) is 7.72. The van der Waals surface area contributed by atoms with Gasteiger partial charge in [0.1, 0.15) is 5.75 Å². The van der Waals surface area contributed by atoms with Gasteiger partial charge >= 0.3 is 0 Å². The highest BCUT2D eigenvalue weighted by molar-refractivity contribution is 6.21. The summed E-state index contributed by atoms with van der Waals surface area (Å²) in [6.45, 7) is 0.573. The first-order chi connectivity index (χ1) is 15.2. The maximum Gasteiger partial charge on any atom is 0.272 e. The first kappa shape index (κ1) is 19.1. The van der Waals surface area contributed by atoms with Crippen molar-refractivity contribution < 1.29 is 14.3 Å². The van der Waals surface area contributed by atoms with Gasteiger partial charge in [-0.3, -0.25) is 9.59 Å². The van der Waals surface area contributed by atoms with E-state index in [0.29, 0.717) is 23.6 Å². The Morgan fingerprint density at radius 2 is 1.81 bits per heavy atom. The lowest BCUT2D eigenvalue weighted by Crippen LogP contribution is -2.47. The molecule has 0 saturated heterocycles. The molecule has 0 spiro atoms. The van der Waals surface area contributed by atoms with Crippen LogP contribution in [0, 0.1) is 0 Å². The minimum Gasteiger partial charge on any atom is -0.496 e. The average molecular weight is 411 g/mol. The number of nitrogens with zero attached hydrogens (tertiary/aromatic N) is 2. The van der Waals surface area contributed by atoms with E-state index in [4.69, 9.17) is 9.73 Å². The number of anilines is 1. The maximum atomic E-state index is 13.4. The van der Waals surface area contributed by atoms with Crippen molar-refractivity contribution in [3.63, 3.8) is 0 Å². The highest BCUT2D eigenvalue weighted by Gasteiger charge is 2.37. The highest BCUT2D eigenvalue weighted by atomic mass is 16.5. The van der Waals surface area contributed by atoms with Gasteiger partial charge in [-0.25, -0.2) is 4.99 Å². The van der Waals surface area contributed by atoms with E-state index in [1.165, 1.54) is 7.11 Å². The van der Waals surface area contributed by atoms with Gasteiger partial charge in [-0.1, -0.05) is 60.7 Å². The summed E-state index contributed by atoms with van der Waals surface area (Å²) < 4.78 is 5.31. The fraction of sp³-hybridized carbons (Fsp3) is 0.160. The molecule has 1 unspecified atom stereocenters. The molecule has 0 radical (unpaired) electrons. The highest BCUT2D eigenvalue weighted by Crippen LogP contribution is 2.36. The third-order valence-corrected chi connectivity index (χ3v) is 5.67. The summed E-state index contributed by atoms with van der Waals surface area (Å²) in [4.78, 5) is 33.0. The van der Waals surface area contributed by atoms with Gasteiger partial charge in [0, 0.05) is 17.7 Å². The molecule has 2 aliphatic heterocycles. The largest absolute Gasteiger partial charge is 0.496 e. The standard InChI is InChI=1S/C25H21N3O3/c1-31-20-13-6-5-11-18(20)24(29)27-23-25(30)28-15-14-17-10-7-12-19(22(17)28)21(26-23)16-8-3-2-4-9-16/h2-13,23H,14-15H2,1H3,(H,27,29). The van der Waals surface area contributed by atoms with Crippen LogP contribution in [-0.2, 0) is 11.2 Å². The first-order valence-corrected chi connectivity index (χ1v) is 10.2. The molecule has 0 saturated carbocycles. The van der Waals surface area contributed by atoms with Crippen LogP contribution in [0.5, 0.6) is 5.75 Å². The predicted octanol–water partition coefficient (Wildman–Crippen LogP) is 3.19. The summed E-state index contributed by atoms with van der Waals surface area (Å²) in [7, 11) is 1.51. The molecule has 5 rings (SSSR count). The number of benzene rings is 3. The van der Waals surface area contributed by atoms with Gasteiger partial charge in [-0.15, -0.1) is 0 Å². The molecule has 0 bridgehead atoms. The Labute approximate surface area is 180 Å². The monoisotopic (exact) mass is 411 g/mol. The van der Waals surface area contributed by atoms with Gasteiger partial charge in [0.25, 0.3) is 11.8 Å². The van der Waals surface area contributed by atoms with Gasteiger partial charge in [-0.05, 0) is 24.1 Å². The SMILES string of the molecule is COc1ccccc1C(=O)NC1N=C(c2ccccc2)c2cccc3c2N(CC3)C1=O. The molecule has 1 atom stereocenters. The van der Waals surface area contributed by atoms with Gasteiger partial charge in [0.2, 0.25) is 6.17 Å². The van der Waals surface area contributed by atoms with Crippen molar-refractivity contribution in [2.45, 2.75) is 12.6 Å². The number of hydrogen-bond donors (Lipinski definition) is 1. The van der Waals surface area contributed by atoms with Gasteiger partial charge < -0.3 is 15.0 Å². The van der Waals surface area contributed by atoms with E-state index in [2.05, 4.69) is 5.32 Å². The third-order valence-electron chi connectivity index (χ3n) is 5.67. The Hall–Kier alpha value is -3.93. The summed E-state index contributed by atoms with van der Waals surface area (Å²) >= 11 is 0.